The van der Waals surface area contributed by atoms with Crippen molar-refractivity contribution in [3.63, 3.8) is 0 Å². The van der Waals surface area contributed by atoms with Crippen molar-refractivity contribution in [1.82, 2.24) is 15.3 Å². The third kappa shape index (κ3) is 4.33. The summed E-state index contributed by atoms with van der Waals surface area (Å²) in [5, 5.41) is 3.66. The summed E-state index contributed by atoms with van der Waals surface area (Å²) in [6, 6.07) is 15.9. The first kappa shape index (κ1) is 18.9. The Bertz CT molecular complexity index is 935. The van der Waals surface area contributed by atoms with Crippen molar-refractivity contribution < 1.29 is 9.53 Å². The van der Waals surface area contributed by atoms with E-state index in [1.54, 1.807) is 7.11 Å². The van der Waals surface area contributed by atoms with E-state index in [0.29, 0.717) is 0 Å². The van der Waals surface area contributed by atoms with Gasteiger partial charge in [0.1, 0.15) is 11.0 Å². The number of carbonyl (C=O) groups is 1. The Kier molecular flexibility index (Phi) is 5.86. The van der Waals surface area contributed by atoms with Crippen LogP contribution >= 0.6 is 11.8 Å². The number of imidazole rings is 1. The molecule has 0 bridgehead atoms. The number of rotatable bonds is 6. The van der Waals surface area contributed by atoms with E-state index in [1.165, 1.54) is 31.0 Å². The zero-order valence-electron chi connectivity index (χ0n) is 16.0. The summed E-state index contributed by atoms with van der Waals surface area (Å²) in [6.45, 7) is 0. The zero-order valence-corrected chi connectivity index (χ0v) is 16.8. The number of hydrogen-bond acceptors (Lipinski definition) is 4. The van der Waals surface area contributed by atoms with Gasteiger partial charge in [0.05, 0.1) is 18.1 Å². The van der Waals surface area contributed by atoms with Gasteiger partial charge in [0.15, 0.2) is 5.16 Å². The van der Waals surface area contributed by atoms with Crippen LogP contribution in [0.25, 0.3) is 11.0 Å². The van der Waals surface area contributed by atoms with Gasteiger partial charge in [-0.05, 0) is 30.5 Å². The molecule has 1 fully saturated rings. The van der Waals surface area contributed by atoms with E-state index in [4.69, 9.17) is 4.74 Å². The summed E-state index contributed by atoms with van der Waals surface area (Å²) in [5.74, 6) is 0.837. The van der Waals surface area contributed by atoms with Crippen LogP contribution in [0.2, 0.25) is 0 Å². The number of ether oxygens (including phenoxy) is 1. The Hall–Kier alpha value is -2.47. The number of H-pyrrole nitrogens is 1. The van der Waals surface area contributed by atoms with Crippen molar-refractivity contribution in [2.45, 2.75) is 48.6 Å². The quantitative estimate of drug-likeness (QED) is 0.585. The summed E-state index contributed by atoms with van der Waals surface area (Å²) >= 11 is 1.46. The Morgan fingerprint density at radius 2 is 1.96 bits per heavy atom. The number of thioether (sulfide) groups is 1. The van der Waals surface area contributed by atoms with Gasteiger partial charge in [-0.15, -0.1) is 0 Å². The predicted octanol–water partition coefficient (Wildman–Crippen LogP) is 4.85. The lowest BCUT2D eigenvalue weighted by Crippen LogP contribution is -2.38. The smallest absolute Gasteiger partial charge is 0.238 e. The summed E-state index contributed by atoms with van der Waals surface area (Å²) in [5.41, 5.74) is 2.75. The fraction of sp³-hybridized carbons (Fsp3) is 0.364. The number of aromatic amines is 1. The van der Waals surface area contributed by atoms with Gasteiger partial charge < -0.3 is 15.0 Å². The third-order valence-corrected chi connectivity index (χ3v) is 6.33. The minimum Gasteiger partial charge on any atom is -0.497 e. The fourth-order valence-electron chi connectivity index (χ4n) is 3.68. The van der Waals surface area contributed by atoms with Gasteiger partial charge in [-0.1, -0.05) is 61.4 Å². The summed E-state index contributed by atoms with van der Waals surface area (Å²) in [7, 11) is 1.65. The van der Waals surface area contributed by atoms with Crippen molar-refractivity contribution in [2.24, 2.45) is 0 Å². The maximum atomic E-state index is 13.1. The van der Waals surface area contributed by atoms with E-state index < -0.39 is 0 Å². The van der Waals surface area contributed by atoms with E-state index in [9.17, 15) is 4.79 Å². The molecule has 1 atom stereocenters. The highest BCUT2D eigenvalue weighted by Gasteiger charge is 2.26. The molecule has 0 saturated heterocycles. The number of benzene rings is 2. The highest BCUT2D eigenvalue weighted by Crippen LogP contribution is 2.35. The van der Waals surface area contributed by atoms with Crippen LogP contribution in [0.1, 0.15) is 42.9 Å². The second-order valence-corrected chi connectivity index (χ2v) is 8.27. The van der Waals surface area contributed by atoms with E-state index >= 15 is 0 Å². The minimum atomic E-state index is -0.342. The van der Waals surface area contributed by atoms with Crippen molar-refractivity contribution in [3.05, 3.63) is 54.1 Å². The maximum absolute atomic E-state index is 13.1. The molecule has 2 N–H and O–H groups in total. The van der Waals surface area contributed by atoms with Crippen LogP contribution in [-0.2, 0) is 4.79 Å². The highest BCUT2D eigenvalue weighted by atomic mass is 32.2. The molecule has 3 aromatic rings. The molecule has 0 unspecified atom stereocenters. The van der Waals surface area contributed by atoms with Crippen LogP contribution in [0.3, 0.4) is 0 Å². The number of nitrogens with one attached hydrogen (secondary N) is 2. The van der Waals surface area contributed by atoms with E-state index in [0.717, 1.165) is 40.3 Å². The molecule has 2 aromatic carbocycles. The molecule has 1 heterocycles. The summed E-state index contributed by atoms with van der Waals surface area (Å²) in [4.78, 5) is 21.1. The van der Waals surface area contributed by atoms with Gasteiger partial charge in [-0.2, -0.15) is 0 Å². The molecule has 1 aliphatic rings. The van der Waals surface area contributed by atoms with Gasteiger partial charge >= 0.3 is 0 Å². The van der Waals surface area contributed by atoms with Crippen LogP contribution < -0.4 is 10.1 Å². The van der Waals surface area contributed by atoms with Gasteiger partial charge in [0, 0.05) is 12.1 Å². The van der Waals surface area contributed by atoms with Crippen LogP contribution in [0.4, 0.5) is 0 Å². The molecule has 28 heavy (non-hydrogen) atoms. The number of hydrogen-bond donors (Lipinski definition) is 2. The maximum Gasteiger partial charge on any atom is 0.238 e. The number of carbonyl (C=O) groups excluding carboxylic acids is 1. The molecule has 4 rings (SSSR count). The zero-order chi connectivity index (χ0) is 19.3. The third-order valence-electron chi connectivity index (χ3n) is 5.19. The number of methoxy groups -OCH3 is 1. The number of fused-ring (bicyclic) bond motifs is 1. The molecule has 1 amide bonds. The van der Waals surface area contributed by atoms with Crippen LogP contribution in [0, 0.1) is 0 Å². The van der Waals surface area contributed by atoms with Crippen LogP contribution in [-0.4, -0.2) is 29.0 Å². The Labute approximate surface area is 169 Å². The standard InChI is InChI=1S/C22H25N3O2S/c1-27-17-12-13-18-19(14-17)25-22(24-18)28-20(15-8-4-2-5-9-15)21(26)23-16-10-6-3-7-11-16/h2,4-5,8-9,12-14,16,20H,3,6-7,10-11H2,1H3,(H,23,26)(H,24,25)/t20-/m1/s1. The molecule has 6 heteroatoms. The highest BCUT2D eigenvalue weighted by molar-refractivity contribution is 8.00. The summed E-state index contributed by atoms with van der Waals surface area (Å²) < 4.78 is 5.29. The van der Waals surface area contributed by atoms with Crippen molar-refractivity contribution in [3.8, 4) is 5.75 Å². The average Bonchev–Trinajstić information content (AvgIpc) is 3.15. The normalized spacial score (nSPS) is 16.0. The average molecular weight is 396 g/mol. The Morgan fingerprint density at radius 3 is 2.71 bits per heavy atom. The van der Waals surface area contributed by atoms with Crippen molar-refractivity contribution in [2.75, 3.05) is 7.11 Å². The molecule has 1 saturated carbocycles. The summed E-state index contributed by atoms with van der Waals surface area (Å²) in [6.07, 6.45) is 5.80. The van der Waals surface area contributed by atoms with Gasteiger partial charge in [0.2, 0.25) is 5.91 Å². The van der Waals surface area contributed by atoms with Crippen molar-refractivity contribution in [1.29, 1.82) is 0 Å². The van der Waals surface area contributed by atoms with Gasteiger partial charge in [-0.3, -0.25) is 4.79 Å². The molecular formula is C22H25N3O2S. The Morgan fingerprint density at radius 1 is 1.18 bits per heavy atom. The lowest BCUT2D eigenvalue weighted by molar-refractivity contribution is -0.121. The molecule has 0 aliphatic heterocycles. The predicted molar refractivity (Wildman–Crippen MR) is 113 cm³/mol. The lowest BCUT2D eigenvalue weighted by atomic mass is 9.95. The van der Waals surface area contributed by atoms with E-state index in [2.05, 4.69) is 15.3 Å². The van der Waals surface area contributed by atoms with Crippen molar-refractivity contribution >= 4 is 28.7 Å². The minimum absolute atomic E-state index is 0.0566. The van der Waals surface area contributed by atoms with Crippen LogP contribution in [0.15, 0.2) is 53.7 Å². The van der Waals surface area contributed by atoms with Crippen LogP contribution in [0.5, 0.6) is 5.75 Å². The first-order valence-electron chi connectivity index (χ1n) is 9.78. The molecule has 1 aliphatic carbocycles. The second-order valence-electron chi connectivity index (χ2n) is 7.18. The lowest BCUT2D eigenvalue weighted by Gasteiger charge is -2.25. The first-order valence-corrected chi connectivity index (χ1v) is 10.7. The molecule has 146 valence electrons. The monoisotopic (exact) mass is 395 g/mol. The molecular weight excluding hydrogens is 370 g/mol. The van der Waals surface area contributed by atoms with Gasteiger partial charge in [-0.25, -0.2) is 4.98 Å². The van der Waals surface area contributed by atoms with E-state index in [-0.39, 0.29) is 17.2 Å². The molecule has 1 aromatic heterocycles. The van der Waals surface area contributed by atoms with E-state index in [1.807, 2.05) is 48.5 Å². The molecule has 0 spiro atoms. The number of nitrogens with zero attached hydrogens (tertiary/aromatic N) is 1. The topological polar surface area (TPSA) is 67.0 Å². The fourth-order valence-corrected chi connectivity index (χ4v) is 4.70. The molecule has 0 radical (unpaired) electrons. The first-order chi connectivity index (χ1) is 13.7. The largest absolute Gasteiger partial charge is 0.497 e. The Balaban J connectivity index is 1.57. The molecule has 5 nitrogen and oxygen atoms in total. The number of aromatic nitrogens is 2. The second kappa shape index (κ2) is 8.69. The SMILES string of the molecule is COc1ccc2nc(S[C@@H](C(=O)NC3CCCCC3)c3ccccc3)[nH]c2c1. The number of amides is 1. The van der Waals surface area contributed by atoms with Gasteiger partial charge in [0.25, 0.3) is 0 Å².